The lowest BCUT2D eigenvalue weighted by molar-refractivity contribution is -0.437. The minimum atomic E-state index is -1.19. The van der Waals surface area contributed by atoms with Gasteiger partial charge < -0.3 is 5.73 Å². The van der Waals surface area contributed by atoms with Crippen molar-refractivity contribution in [1.82, 2.24) is 0 Å². The zero-order valence-corrected chi connectivity index (χ0v) is 7.59. The Morgan fingerprint density at radius 3 is 1.73 bits per heavy atom. The highest BCUT2D eigenvalue weighted by atomic mass is 32.1. The third kappa shape index (κ3) is 1.67. The van der Waals surface area contributed by atoms with Gasteiger partial charge in [-0.3, -0.25) is 30.3 Å². The summed E-state index contributed by atoms with van der Waals surface area (Å²) in [5.74, 6) is 0. The second-order valence-corrected chi connectivity index (χ2v) is 3.27. The van der Waals surface area contributed by atoms with E-state index in [-0.39, 0.29) is 11.3 Å². The predicted octanol–water partition coefficient (Wildman–Crippen LogP) is 1.05. The van der Waals surface area contributed by atoms with Crippen molar-refractivity contribution in [3.05, 3.63) is 30.3 Å². The number of nitrogens with zero attached hydrogens (tertiary/aromatic N) is 3. The molecule has 11 heteroatoms. The number of nitrogen functional groups attached to an aromatic ring is 1. The number of anilines is 1. The molecule has 80 valence electrons. The van der Waals surface area contributed by atoms with Crippen molar-refractivity contribution in [1.29, 1.82) is 0 Å². The van der Waals surface area contributed by atoms with E-state index in [4.69, 9.17) is 5.73 Å². The Morgan fingerprint density at radius 2 is 1.40 bits per heavy atom. The summed E-state index contributed by atoms with van der Waals surface area (Å²) in [5, 5.41) is 29.7. The smallest absolute Gasteiger partial charge is 0.384 e. The van der Waals surface area contributed by atoms with E-state index in [0.29, 0.717) is 0 Å². The van der Waals surface area contributed by atoms with Gasteiger partial charge in [0.1, 0.15) is 0 Å². The molecule has 0 unspecified atom stereocenters. The van der Waals surface area contributed by atoms with Crippen LogP contribution in [0.1, 0.15) is 0 Å². The molecule has 2 N–H and O–H groups in total. The van der Waals surface area contributed by atoms with E-state index in [2.05, 4.69) is 0 Å². The fourth-order valence-electron chi connectivity index (χ4n) is 0.884. The molecule has 10 nitrogen and oxygen atoms in total. The van der Waals surface area contributed by atoms with Crippen LogP contribution in [0.3, 0.4) is 0 Å². The summed E-state index contributed by atoms with van der Waals surface area (Å²) in [7, 11) is 0. The molecular formula is C4H2N4O6S. The zero-order chi connectivity index (χ0) is 11.7. The Morgan fingerprint density at radius 1 is 0.933 bits per heavy atom. The van der Waals surface area contributed by atoms with Crippen LogP contribution >= 0.6 is 11.3 Å². The summed E-state index contributed by atoms with van der Waals surface area (Å²) in [4.78, 5) is 27.8. The standard InChI is InChI=1S/C4H2N4O6S/c5-3-1(6(9)10)2(7(11)12)4(15-3)8(13)14/h5H2. The molecule has 1 aromatic rings. The third-order valence-electron chi connectivity index (χ3n) is 1.40. The molecule has 1 rings (SSSR count). The third-order valence-corrected chi connectivity index (χ3v) is 2.35. The molecule has 1 aromatic heterocycles. The van der Waals surface area contributed by atoms with Crippen LogP contribution in [0.15, 0.2) is 0 Å². The van der Waals surface area contributed by atoms with Gasteiger partial charge in [-0.25, -0.2) is 0 Å². The SMILES string of the molecule is Nc1sc([N+](=O)[O-])c([N+](=O)[O-])c1[N+](=O)[O-]. The van der Waals surface area contributed by atoms with Crippen molar-refractivity contribution in [3.63, 3.8) is 0 Å². The van der Waals surface area contributed by atoms with E-state index >= 15 is 0 Å². The van der Waals surface area contributed by atoms with Crippen molar-refractivity contribution >= 4 is 32.7 Å². The first-order valence-electron chi connectivity index (χ1n) is 3.21. The topological polar surface area (TPSA) is 155 Å². The molecule has 15 heavy (non-hydrogen) atoms. The van der Waals surface area contributed by atoms with E-state index < -0.39 is 36.1 Å². The van der Waals surface area contributed by atoms with Crippen LogP contribution in [0, 0.1) is 30.3 Å². The van der Waals surface area contributed by atoms with Crippen LogP contribution in [0.4, 0.5) is 21.4 Å². The molecule has 0 radical (unpaired) electrons. The lowest BCUT2D eigenvalue weighted by Crippen LogP contribution is -1.97. The average Bonchev–Trinajstić information content (AvgIpc) is 2.42. The van der Waals surface area contributed by atoms with Crippen LogP contribution in [0.2, 0.25) is 0 Å². The molecule has 0 atom stereocenters. The minimum absolute atomic E-state index is 0.201. The summed E-state index contributed by atoms with van der Waals surface area (Å²) in [5.41, 5.74) is 2.88. The Hall–Kier alpha value is -2.30. The van der Waals surface area contributed by atoms with E-state index in [1.165, 1.54) is 0 Å². The summed E-state index contributed by atoms with van der Waals surface area (Å²) in [6, 6.07) is 0. The highest BCUT2D eigenvalue weighted by Gasteiger charge is 2.42. The fourth-order valence-corrected chi connectivity index (χ4v) is 1.70. The summed E-state index contributed by atoms with van der Waals surface area (Å²) in [6.07, 6.45) is 0. The van der Waals surface area contributed by atoms with Gasteiger partial charge in [0, 0.05) is 0 Å². The monoisotopic (exact) mass is 234 g/mol. The average molecular weight is 234 g/mol. The first kappa shape index (κ1) is 10.8. The van der Waals surface area contributed by atoms with Crippen LogP contribution < -0.4 is 5.73 Å². The van der Waals surface area contributed by atoms with Crippen molar-refractivity contribution in [2.45, 2.75) is 0 Å². The van der Waals surface area contributed by atoms with Gasteiger partial charge in [0.05, 0.1) is 14.8 Å². The van der Waals surface area contributed by atoms with E-state index in [1.807, 2.05) is 0 Å². The molecule has 0 aliphatic rings. The number of nitro groups is 3. The number of rotatable bonds is 3. The van der Waals surface area contributed by atoms with Gasteiger partial charge in [0.15, 0.2) is 5.00 Å². The molecule has 0 amide bonds. The van der Waals surface area contributed by atoms with Gasteiger partial charge in [0.2, 0.25) is 0 Å². The summed E-state index contributed by atoms with van der Waals surface area (Å²) in [6.45, 7) is 0. The molecular weight excluding hydrogens is 232 g/mol. The van der Waals surface area contributed by atoms with Gasteiger partial charge in [0.25, 0.3) is 0 Å². The van der Waals surface area contributed by atoms with Gasteiger partial charge in [-0.1, -0.05) is 0 Å². The maximum Gasteiger partial charge on any atom is 0.436 e. The Bertz CT molecular complexity index is 466. The predicted molar refractivity (Wildman–Crippen MR) is 48.7 cm³/mol. The summed E-state index contributed by atoms with van der Waals surface area (Å²) < 4.78 is 0. The van der Waals surface area contributed by atoms with Crippen LogP contribution in [0.5, 0.6) is 0 Å². The van der Waals surface area contributed by atoms with Crippen LogP contribution in [0.25, 0.3) is 0 Å². The van der Waals surface area contributed by atoms with Crippen LogP contribution in [-0.4, -0.2) is 14.8 Å². The maximum absolute atomic E-state index is 10.4. The first-order chi connectivity index (χ1) is 6.86. The molecule has 0 spiro atoms. The Kier molecular flexibility index (Phi) is 2.48. The van der Waals surface area contributed by atoms with Crippen molar-refractivity contribution < 1.29 is 14.8 Å². The highest BCUT2D eigenvalue weighted by Crippen LogP contribution is 2.48. The molecule has 0 fully saturated rings. The second-order valence-electron chi connectivity index (χ2n) is 2.24. The first-order valence-corrected chi connectivity index (χ1v) is 4.03. The van der Waals surface area contributed by atoms with Gasteiger partial charge in [-0.05, 0) is 11.3 Å². The number of thiophene rings is 1. The van der Waals surface area contributed by atoms with E-state index in [1.54, 1.807) is 0 Å². The quantitative estimate of drug-likeness (QED) is 0.604. The summed E-state index contributed by atoms with van der Waals surface area (Å²) >= 11 is 0.201. The van der Waals surface area contributed by atoms with E-state index in [9.17, 15) is 30.3 Å². The molecule has 0 aliphatic carbocycles. The van der Waals surface area contributed by atoms with Crippen molar-refractivity contribution in [2.75, 3.05) is 5.73 Å². The molecule has 1 heterocycles. The largest absolute Gasteiger partial charge is 0.436 e. The second kappa shape index (κ2) is 3.45. The van der Waals surface area contributed by atoms with Gasteiger partial charge in [-0.15, -0.1) is 0 Å². The number of nitrogens with two attached hydrogens (primary N) is 1. The van der Waals surface area contributed by atoms with Gasteiger partial charge >= 0.3 is 16.4 Å². The molecule has 0 saturated heterocycles. The van der Waals surface area contributed by atoms with Crippen molar-refractivity contribution in [3.8, 4) is 0 Å². The zero-order valence-electron chi connectivity index (χ0n) is 6.78. The normalized spacial score (nSPS) is 9.87. The highest BCUT2D eigenvalue weighted by molar-refractivity contribution is 7.20. The lowest BCUT2D eigenvalue weighted by atomic mass is 10.4. The minimum Gasteiger partial charge on any atom is -0.384 e. The van der Waals surface area contributed by atoms with E-state index in [0.717, 1.165) is 0 Å². The van der Waals surface area contributed by atoms with Crippen molar-refractivity contribution in [2.24, 2.45) is 0 Å². The number of hydrogen-bond donors (Lipinski definition) is 1. The fraction of sp³-hybridized carbons (Fsp3) is 0. The molecule has 0 bridgehead atoms. The molecule has 0 aliphatic heterocycles. The lowest BCUT2D eigenvalue weighted by Gasteiger charge is -1.87. The number of hydrogen-bond acceptors (Lipinski definition) is 8. The van der Waals surface area contributed by atoms with Gasteiger partial charge in [-0.2, -0.15) is 0 Å². The van der Waals surface area contributed by atoms with Crippen LogP contribution in [-0.2, 0) is 0 Å². The molecule has 0 aromatic carbocycles. The Labute approximate surface area is 84.4 Å². The maximum atomic E-state index is 10.4. The Balaban J connectivity index is 3.59. The molecule has 0 saturated carbocycles.